The quantitative estimate of drug-likeness (QED) is 0.848. The molecule has 6 nitrogen and oxygen atoms in total. The fourth-order valence-corrected chi connectivity index (χ4v) is 1.76. The highest BCUT2D eigenvalue weighted by molar-refractivity contribution is 5.91. The van der Waals surface area contributed by atoms with Crippen LogP contribution in [-0.4, -0.2) is 39.4 Å². The molecule has 2 rings (SSSR count). The third-order valence-electron chi connectivity index (χ3n) is 2.73. The normalized spacial score (nSPS) is 10.4. The van der Waals surface area contributed by atoms with E-state index in [0.29, 0.717) is 25.3 Å². The molecule has 100 valence electrons. The minimum Gasteiger partial charge on any atom is -0.336 e. The van der Waals surface area contributed by atoms with Gasteiger partial charge in [0.15, 0.2) is 5.69 Å². The lowest BCUT2D eigenvalue weighted by atomic mass is 10.2. The Morgan fingerprint density at radius 3 is 2.79 bits per heavy atom. The molecule has 0 spiro atoms. The minimum absolute atomic E-state index is 0.146. The Hall–Kier alpha value is -2.21. The third-order valence-corrected chi connectivity index (χ3v) is 2.73. The summed E-state index contributed by atoms with van der Waals surface area (Å²) in [6.45, 7) is 1.57. The van der Waals surface area contributed by atoms with Crippen LogP contribution in [0.25, 0.3) is 0 Å². The molecule has 0 aliphatic rings. The number of carbonyl (C=O) groups excluding carboxylic acids is 1. The first kappa shape index (κ1) is 13.2. The van der Waals surface area contributed by atoms with Crippen molar-refractivity contribution >= 4 is 5.91 Å². The molecule has 0 saturated carbocycles. The summed E-state index contributed by atoms with van der Waals surface area (Å²) in [4.78, 5) is 13.8. The van der Waals surface area contributed by atoms with Crippen molar-refractivity contribution in [1.29, 1.82) is 0 Å². The Morgan fingerprint density at radius 1 is 1.37 bits per heavy atom. The molecule has 1 heterocycles. The van der Waals surface area contributed by atoms with Crippen LogP contribution in [0.15, 0.2) is 36.5 Å². The maximum Gasteiger partial charge on any atom is 0.276 e. The van der Waals surface area contributed by atoms with Gasteiger partial charge in [0, 0.05) is 20.1 Å². The molecule has 0 saturated heterocycles. The van der Waals surface area contributed by atoms with Crippen LogP contribution in [-0.2, 0) is 13.1 Å². The van der Waals surface area contributed by atoms with Gasteiger partial charge in [0.2, 0.25) is 0 Å². The van der Waals surface area contributed by atoms with Gasteiger partial charge in [-0.25, -0.2) is 0 Å². The van der Waals surface area contributed by atoms with Crippen LogP contribution in [0.3, 0.4) is 0 Å². The fraction of sp³-hybridized carbons (Fsp3) is 0.308. The third kappa shape index (κ3) is 3.38. The number of hydrogen-bond donors (Lipinski definition) is 1. The highest BCUT2D eigenvalue weighted by atomic mass is 16.2. The van der Waals surface area contributed by atoms with Crippen LogP contribution in [0.5, 0.6) is 0 Å². The van der Waals surface area contributed by atoms with Gasteiger partial charge >= 0.3 is 0 Å². The van der Waals surface area contributed by atoms with Gasteiger partial charge in [-0.15, -0.1) is 5.10 Å². The van der Waals surface area contributed by atoms with Crippen LogP contribution in [0.1, 0.15) is 16.1 Å². The molecule has 6 heteroatoms. The van der Waals surface area contributed by atoms with E-state index in [4.69, 9.17) is 5.73 Å². The summed E-state index contributed by atoms with van der Waals surface area (Å²) < 4.78 is 1.57. The Bertz CT molecular complexity index is 537. The maximum absolute atomic E-state index is 12.1. The van der Waals surface area contributed by atoms with E-state index in [1.54, 1.807) is 22.8 Å². The molecule has 0 unspecified atom stereocenters. The smallest absolute Gasteiger partial charge is 0.276 e. The maximum atomic E-state index is 12.1. The zero-order chi connectivity index (χ0) is 13.7. The van der Waals surface area contributed by atoms with E-state index in [-0.39, 0.29) is 5.91 Å². The average molecular weight is 259 g/mol. The number of nitrogens with two attached hydrogens (primary N) is 1. The van der Waals surface area contributed by atoms with Gasteiger partial charge in [-0.1, -0.05) is 35.5 Å². The first-order valence-electron chi connectivity index (χ1n) is 6.10. The van der Waals surface area contributed by atoms with Crippen LogP contribution in [0, 0.1) is 0 Å². The van der Waals surface area contributed by atoms with Crippen LogP contribution in [0.2, 0.25) is 0 Å². The molecule has 0 aliphatic carbocycles. The van der Waals surface area contributed by atoms with Gasteiger partial charge in [0.05, 0.1) is 12.7 Å². The van der Waals surface area contributed by atoms with Crippen LogP contribution in [0.4, 0.5) is 0 Å². The van der Waals surface area contributed by atoms with Crippen molar-refractivity contribution in [3.8, 4) is 0 Å². The zero-order valence-corrected chi connectivity index (χ0v) is 10.9. The molecular weight excluding hydrogens is 242 g/mol. The molecule has 0 bridgehead atoms. The lowest BCUT2D eigenvalue weighted by Gasteiger charge is -2.15. The molecule has 0 atom stereocenters. The molecule has 1 aromatic carbocycles. The highest BCUT2D eigenvalue weighted by Crippen LogP contribution is 2.06. The lowest BCUT2D eigenvalue weighted by Crippen LogP contribution is -2.26. The Labute approximate surface area is 111 Å². The predicted molar refractivity (Wildman–Crippen MR) is 71.3 cm³/mol. The number of benzene rings is 1. The molecule has 0 aliphatic heterocycles. The second kappa shape index (κ2) is 6.10. The summed E-state index contributed by atoms with van der Waals surface area (Å²) in [5, 5.41) is 7.72. The molecule has 0 fully saturated rings. The Kier molecular flexibility index (Phi) is 4.25. The van der Waals surface area contributed by atoms with Crippen LogP contribution < -0.4 is 5.73 Å². The van der Waals surface area contributed by atoms with Crippen LogP contribution >= 0.6 is 0 Å². The van der Waals surface area contributed by atoms with Crippen molar-refractivity contribution < 1.29 is 4.79 Å². The van der Waals surface area contributed by atoms with Crippen molar-refractivity contribution in [1.82, 2.24) is 19.9 Å². The number of hydrogen-bond acceptors (Lipinski definition) is 4. The number of rotatable bonds is 5. The van der Waals surface area contributed by atoms with E-state index in [2.05, 4.69) is 10.3 Å². The van der Waals surface area contributed by atoms with Gasteiger partial charge in [0.1, 0.15) is 0 Å². The molecule has 1 aromatic heterocycles. The van der Waals surface area contributed by atoms with E-state index in [9.17, 15) is 4.79 Å². The lowest BCUT2D eigenvalue weighted by molar-refractivity contribution is 0.0779. The van der Waals surface area contributed by atoms with E-state index in [1.807, 2.05) is 30.3 Å². The molecule has 0 radical (unpaired) electrons. The first-order chi connectivity index (χ1) is 9.20. The molecule has 1 amide bonds. The van der Waals surface area contributed by atoms with E-state index in [0.717, 1.165) is 5.56 Å². The number of nitrogens with zero attached hydrogens (tertiary/aromatic N) is 4. The fourth-order valence-electron chi connectivity index (χ4n) is 1.76. The standard InChI is InChI=1S/C13H17N5O/c1-17(9-11-5-3-2-4-6-11)13(19)12-10-18(8-7-14)16-15-12/h2-6,10H,7-9,14H2,1H3. The van der Waals surface area contributed by atoms with Gasteiger partial charge < -0.3 is 10.6 Å². The summed E-state index contributed by atoms with van der Waals surface area (Å²) in [6.07, 6.45) is 1.62. The number of amides is 1. The topological polar surface area (TPSA) is 77.0 Å². The monoisotopic (exact) mass is 259 g/mol. The van der Waals surface area contributed by atoms with Crippen molar-refractivity contribution in [2.24, 2.45) is 5.73 Å². The molecular formula is C13H17N5O. The molecule has 2 N–H and O–H groups in total. The Morgan fingerprint density at radius 2 is 2.11 bits per heavy atom. The van der Waals surface area contributed by atoms with E-state index >= 15 is 0 Å². The average Bonchev–Trinajstić information content (AvgIpc) is 2.88. The van der Waals surface area contributed by atoms with Crippen molar-refractivity contribution in [2.45, 2.75) is 13.1 Å². The van der Waals surface area contributed by atoms with E-state index < -0.39 is 0 Å². The van der Waals surface area contributed by atoms with Crippen molar-refractivity contribution in [2.75, 3.05) is 13.6 Å². The minimum atomic E-state index is -0.146. The summed E-state index contributed by atoms with van der Waals surface area (Å²) in [5.74, 6) is -0.146. The van der Waals surface area contributed by atoms with Crippen molar-refractivity contribution in [3.63, 3.8) is 0 Å². The van der Waals surface area contributed by atoms with Gasteiger partial charge in [0.25, 0.3) is 5.91 Å². The first-order valence-corrected chi connectivity index (χ1v) is 6.10. The second-order valence-corrected chi connectivity index (χ2v) is 4.30. The largest absolute Gasteiger partial charge is 0.336 e. The second-order valence-electron chi connectivity index (χ2n) is 4.30. The number of carbonyl (C=O) groups is 1. The van der Waals surface area contributed by atoms with E-state index in [1.165, 1.54) is 0 Å². The molecule has 19 heavy (non-hydrogen) atoms. The zero-order valence-electron chi connectivity index (χ0n) is 10.9. The summed E-state index contributed by atoms with van der Waals surface area (Å²) in [6, 6.07) is 9.81. The SMILES string of the molecule is CN(Cc1ccccc1)C(=O)c1cn(CCN)nn1. The predicted octanol–water partition coefficient (Wildman–Crippen LogP) is 0.509. The highest BCUT2D eigenvalue weighted by Gasteiger charge is 2.15. The van der Waals surface area contributed by atoms with Crippen molar-refractivity contribution in [3.05, 3.63) is 47.8 Å². The number of aromatic nitrogens is 3. The van der Waals surface area contributed by atoms with Gasteiger partial charge in [-0.05, 0) is 5.56 Å². The Balaban J connectivity index is 2.02. The summed E-state index contributed by atoms with van der Waals surface area (Å²) in [5.41, 5.74) is 6.84. The molecule has 2 aromatic rings. The van der Waals surface area contributed by atoms with Gasteiger partial charge in [-0.2, -0.15) is 0 Å². The summed E-state index contributed by atoms with van der Waals surface area (Å²) >= 11 is 0. The van der Waals surface area contributed by atoms with Gasteiger partial charge in [-0.3, -0.25) is 9.48 Å². The summed E-state index contributed by atoms with van der Waals surface area (Å²) in [7, 11) is 1.75.